The molecule has 1 amide bonds. The van der Waals surface area contributed by atoms with E-state index in [0.29, 0.717) is 5.56 Å². The summed E-state index contributed by atoms with van der Waals surface area (Å²) in [5, 5.41) is 6.24. The highest BCUT2D eigenvalue weighted by atomic mass is 32.1. The van der Waals surface area contributed by atoms with Gasteiger partial charge in [-0.1, -0.05) is 6.07 Å². The Kier molecular flexibility index (Phi) is 6.53. The number of benzene rings is 1. The van der Waals surface area contributed by atoms with Crippen molar-refractivity contribution in [3.8, 4) is 5.75 Å². The molecule has 0 unspecified atom stereocenters. The summed E-state index contributed by atoms with van der Waals surface area (Å²) < 4.78 is 10.8. The van der Waals surface area contributed by atoms with Gasteiger partial charge in [-0.15, -0.1) is 22.7 Å². The van der Waals surface area contributed by atoms with Gasteiger partial charge in [-0.2, -0.15) is 0 Å². The van der Waals surface area contributed by atoms with Crippen LogP contribution in [0.15, 0.2) is 41.8 Å². The second kappa shape index (κ2) is 9.31. The minimum atomic E-state index is -0.105. The molecule has 7 heteroatoms. The van der Waals surface area contributed by atoms with Crippen molar-refractivity contribution in [2.24, 2.45) is 0 Å². The molecule has 1 N–H and O–H groups in total. The predicted octanol–water partition coefficient (Wildman–Crippen LogP) is 5.11. The maximum atomic E-state index is 13.0. The van der Waals surface area contributed by atoms with Crippen molar-refractivity contribution in [3.63, 3.8) is 0 Å². The summed E-state index contributed by atoms with van der Waals surface area (Å²) in [6.45, 7) is 7.50. The van der Waals surface area contributed by atoms with Crippen LogP contribution < -0.4 is 10.1 Å². The Hall–Kier alpha value is -2.19. The molecule has 1 fully saturated rings. The Balaban J connectivity index is 1.69. The topological polar surface area (TPSA) is 50.8 Å². The van der Waals surface area contributed by atoms with E-state index in [1.165, 1.54) is 20.9 Å². The van der Waals surface area contributed by atoms with Gasteiger partial charge in [-0.05, 0) is 55.1 Å². The van der Waals surface area contributed by atoms with Crippen LogP contribution in [0, 0.1) is 13.8 Å². The molecule has 0 radical (unpaired) electrons. The highest BCUT2D eigenvalue weighted by Gasteiger charge is 2.31. The van der Waals surface area contributed by atoms with Gasteiger partial charge in [-0.3, -0.25) is 9.69 Å². The lowest BCUT2D eigenvalue weighted by Gasteiger charge is -2.35. The lowest BCUT2D eigenvalue weighted by atomic mass is 10.00. The van der Waals surface area contributed by atoms with E-state index in [4.69, 9.17) is 9.47 Å². The molecule has 4 rings (SSSR count). The Bertz CT molecular complexity index is 990. The average molecular weight is 443 g/mol. The van der Waals surface area contributed by atoms with Gasteiger partial charge in [0.15, 0.2) is 0 Å². The first-order valence-electron chi connectivity index (χ1n) is 9.99. The minimum Gasteiger partial charge on any atom is -0.497 e. The molecular weight excluding hydrogens is 416 g/mol. The molecule has 3 aromatic rings. The molecule has 158 valence electrons. The molecule has 1 aromatic carbocycles. The Morgan fingerprint density at radius 2 is 1.90 bits per heavy atom. The maximum Gasteiger partial charge on any atom is 0.256 e. The number of nitrogens with one attached hydrogen (secondary N) is 1. The van der Waals surface area contributed by atoms with Gasteiger partial charge in [0.25, 0.3) is 5.91 Å². The molecule has 0 bridgehead atoms. The molecule has 5 nitrogen and oxygen atoms in total. The van der Waals surface area contributed by atoms with E-state index in [1.807, 2.05) is 12.1 Å². The number of rotatable bonds is 6. The van der Waals surface area contributed by atoms with Crippen molar-refractivity contribution < 1.29 is 14.3 Å². The van der Waals surface area contributed by atoms with E-state index in [2.05, 4.69) is 41.6 Å². The number of amides is 1. The zero-order valence-electron chi connectivity index (χ0n) is 17.4. The first kappa shape index (κ1) is 21.1. The predicted molar refractivity (Wildman–Crippen MR) is 123 cm³/mol. The summed E-state index contributed by atoms with van der Waals surface area (Å²) in [5.74, 6) is 0.632. The molecule has 0 saturated carbocycles. The SMILES string of the molecule is COc1ccc(C(=O)Nc2sc(C)c(C)c2[C@@H](c2cccs2)N2CCOCC2)cc1. The summed E-state index contributed by atoms with van der Waals surface area (Å²) in [5.41, 5.74) is 3.06. The van der Waals surface area contributed by atoms with Gasteiger partial charge in [0.05, 0.1) is 26.4 Å². The van der Waals surface area contributed by atoms with Crippen LogP contribution in [0.3, 0.4) is 0 Å². The average Bonchev–Trinajstić information content (AvgIpc) is 3.39. The van der Waals surface area contributed by atoms with Crippen molar-refractivity contribution in [1.29, 1.82) is 0 Å². The summed E-state index contributed by atoms with van der Waals surface area (Å²) in [6.07, 6.45) is 0. The third-order valence-corrected chi connectivity index (χ3v) is 7.57. The lowest BCUT2D eigenvalue weighted by Crippen LogP contribution is -2.39. The van der Waals surface area contributed by atoms with E-state index in [9.17, 15) is 4.79 Å². The second-order valence-corrected chi connectivity index (χ2v) is 9.48. The van der Waals surface area contributed by atoms with Crippen LogP contribution in [0.1, 0.15) is 37.3 Å². The number of carbonyl (C=O) groups is 1. The zero-order valence-corrected chi connectivity index (χ0v) is 19.1. The highest BCUT2D eigenvalue weighted by Crippen LogP contribution is 2.43. The van der Waals surface area contributed by atoms with Crippen LogP contribution in [0.4, 0.5) is 5.00 Å². The maximum absolute atomic E-state index is 13.0. The van der Waals surface area contributed by atoms with Crippen LogP contribution >= 0.6 is 22.7 Å². The summed E-state index contributed by atoms with van der Waals surface area (Å²) in [7, 11) is 1.62. The third kappa shape index (κ3) is 4.30. The first-order valence-corrected chi connectivity index (χ1v) is 11.7. The summed E-state index contributed by atoms with van der Waals surface area (Å²) in [6, 6.07) is 11.6. The Labute approximate surface area is 185 Å². The van der Waals surface area contributed by atoms with Crippen molar-refractivity contribution in [1.82, 2.24) is 4.90 Å². The Morgan fingerprint density at radius 3 is 2.53 bits per heavy atom. The number of carbonyl (C=O) groups excluding carboxylic acids is 1. The van der Waals surface area contributed by atoms with E-state index in [-0.39, 0.29) is 11.9 Å². The molecule has 30 heavy (non-hydrogen) atoms. The molecule has 0 aliphatic carbocycles. The van der Waals surface area contributed by atoms with Crippen LogP contribution in [0.5, 0.6) is 5.75 Å². The fourth-order valence-electron chi connectivity index (χ4n) is 3.77. The number of methoxy groups -OCH3 is 1. The number of anilines is 1. The summed E-state index contributed by atoms with van der Waals surface area (Å²) in [4.78, 5) is 18.0. The number of aryl methyl sites for hydroxylation is 1. The number of hydrogen-bond donors (Lipinski definition) is 1. The van der Waals surface area contributed by atoms with Gasteiger partial charge < -0.3 is 14.8 Å². The van der Waals surface area contributed by atoms with Gasteiger partial charge >= 0.3 is 0 Å². The van der Waals surface area contributed by atoms with Crippen LogP contribution in [-0.2, 0) is 4.74 Å². The van der Waals surface area contributed by atoms with E-state index in [1.54, 1.807) is 41.9 Å². The van der Waals surface area contributed by atoms with Crippen LogP contribution in [0.25, 0.3) is 0 Å². The van der Waals surface area contributed by atoms with E-state index < -0.39 is 0 Å². The van der Waals surface area contributed by atoms with Crippen LogP contribution in [-0.4, -0.2) is 44.2 Å². The molecule has 3 heterocycles. The molecule has 0 spiro atoms. The highest BCUT2D eigenvalue weighted by molar-refractivity contribution is 7.16. The normalized spacial score (nSPS) is 15.7. The smallest absolute Gasteiger partial charge is 0.256 e. The van der Waals surface area contributed by atoms with Gasteiger partial charge in [0, 0.05) is 34.0 Å². The standard InChI is InChI=1S/C23H26N2O3S2/c1-15-16(2)30-23(24-22(26)17-6-8-18(27-3)9-7-17)20(15)21(19-5-4-14-29-19)25-10-12-28-13-11-25/h4-9,14,21H,10-13H2,1-3H3,(H,24,26)/t21-/m1/s1. The van der Waals surface area contributed by atoms with Gasteiger partial charge in [0.2, 0.25) is 0 Å². The second-order valence-electron chi connectivity index (χ2n) is 7.27. The molecule has 1 saturated heterocycles. The molecule has 2 aromatic heterocycles. The number of ether oxygens (including phenoxy) is 2. The Morgan fingerprint density at radius 1 is 1.17 bits per heavy atom. The van der Waals surface area contributed by atoms with E-state index in [0.717, 1.165) is 37.1 Å². The number of nitrogens with zero attached hydrogens (tertiary/aromatic N) is 1. The molecule has 1 aliphatic heterocycles. The number of thiophene rings is 2. The fraction of sp³-hybridized carbons (Fsp3) is 0.348. The minimum absolute atomic E-state index is 0.105. The largest absolute Gasteiger partial charge is 0.497 e. The van der Waals surface area contributed by atoms with Crippen molar-refractivity contribution in [2.75, 3.05) is 38.7 Å². The van der Waals surface area contributed by atoms with Gasteiger partial charge in [0.1, 0.15) is 10.8 Å². The summed E-state index contributed by atoms with van der Waals surface area (Å²) >= 11 is 3.41. The van der Waals surface area contributed by atoms with Crippen LogP contribution in [0.2, 0.25) is 0 Å². The first-order chi connectivity index (χ1) is 14.6. The van der Waals surface area contributed by atoms with Gasteiger partial charge in [-0.25, -0.2) is 0 Å². The number of morpholine rings is 1. The molecular formula is C23H26N2O3S2. The fourth-order valence-corrected chi connectivity index (χ4v) is 5.73. The number of hydrogen-bond acceptors (Lipinski definition) is 6. The third-order valence-electron chi connectivity index (χ3n) is 5.51. The molecule has 1 aliphatic rings. The quantitative estimate of drug-likeness (QED) is 0.576. The van der Waals surface area contributed by atoms with E-state index >= 15 is 0 Å². The lowest BCUT2D eigenvalue weighted by molar-refractivity contribution is 0.0246. The van der Waals surface area contributed by atoms with Crippen molar-refractivity contribution in [3.05, 3.63) is 68.2 Å². The van der Waals surface area contributed by atoms with Crippen molar-refractivity contribution >= 4 is 33.6 Å². The zero-order chi connectivity index (χ0) is 21.1. The molecule has 1 atom stereocenters. The van der Waals surface area contributed by atoms with Crippen molar-refractivity contribution in [2.45, 2.75) is 19.9 Å². The monoisotopic (exact) mass is 442 g/mol.